The van der Waals surface area contributed by atoms with Crippen molar-refractivity contribution in [3.63, 3.8) is 0 Å². The summed E-state index contributed by atoms with van der Waals surface area (Å²) in [4.78, 5) is 40.5. The number of hydrogen-bond acceptors (Lipinski definition) is 8. The molecule has 1 aromatic carbocycles. The number of likely N-dealkylation sites (N-methyl/N-ethyl adjacent to an activating group) is 1. The number of piperazine rings is 1. The minimum Gasteiger partial charge on any atom is -0.375 e. The molecule has 2 fully saturated rings. The predicted molar refractivity (Wildman–Crippen MR) is 159 cm³/mol. The zero-order valence-electron chi connectivity index (χ0n) is 25.2. The van der Waals surface area contributed by atoms with Crippen LogP contribution in [-0.2, 0) is 18.0 Å². The fourth-order valence-electron chi connectivity index (χ4n) is 5.61. The van der Waals surface area contributed by atoms with E-state index in [2.05, 4.69) is 20.2 Å². The van der Waals surface area contributed by atoms with E-state index in [-0.39, 0.29) is 35.1 Å². The van der Waals surface area contributed by atoms with Crippen molar-refractivity contribution in [3.05, 3.63) is 64.0 Å². The van der Waals surface area contributed by atoms with Gasteiger partial charge in [-0.1, -0.05) is 0 Å². The average Bonchev–Trinajstić information content (AvgIpc) is 2.97. The van der Waals surface area contributed by atoms with Crippen molar-refractivity contribution in [2.75, 3.05) is 55.0 Å². The highest BCUT2D eigenvalue weighted by Crippen LogP contribution is 2.37. The molecule has 1 amide bonds. The summed E-state index contributed by atoms with van der Waals surface area (Å²) in [5, 5.41) is 2.60. The Morgan fingerprint density at radius 2 is 1.75 bits per heavy atom. The van der Waals surface area contributed by atoms with E-state index in [4.69, 9.17) is 4.74 Å². The number of hydrogen-bond donors (Lipinski definition) is 1. The standard InChI is InChI=1S/C30H35F4N7O3/c1-17-13-41(14-18(2)39(17)5)26-12-23(31)20(24-6-7-35-29(37-24)40-8-9-44-19(3)15-40)10-25(26)36-28(43)21-16-38(4)27(42)11-22(21)30(32,33)34/h6-7,10-12,16-19H,8-9,13-15H2,1-5H3,(H,36,43). The molecule has 4 heterocycles. The molecule has 2 aliphatic rings. The zero-order valence-corrected chi connectivity index (χ0v) is 25.2. The lowest BCUT2D eigenvalue weighted by Gasteiger charge is -2.44. The van der Waals surface area contributed by atoms with Crippen LogP contribution in [0.25, 0.3) is 11.3 Å². The summed E-state index contributed by atoms with van der Waals surface area (Å²) in [6, 6.07) is 4.74. The lowest BCUT2D eigenvalue weighted by atomic mass is 10.0. The van der Waals surface area contributed by atoms with Gasteiger partial charge in [0, 0.05) is 69.3 Å². The van der Waals surface area contributed by atoms with E-state index < -0.39 is 34.6 Å². The summed E-state index contributed by atoms with van der Waals surface area (Å²) in [6.07, 6.45) is -2.63. The highest BCUT2D eigenvalue weighted by Gasteiger charge is 2.37. The maximum atomic E-state index is 15.9. The van der Waals surface area contributed by atoms with Crippen LogP contribution in [0.15, 0.2) is 41.5 Å². The molecule has 0 bridgehead atoms. The van der Waals surface area contributed by atoms with Crippen LogP contribution in [0.5, 0.6) is 0 Å². The molecule has 2 aliphatic heterocycles. The quantitative estimate of drug-likeness (QED) is 0.430. The van der Waals surface area contributed by atoms with E-state index in [1.807, 2.05) is 37.6 Å². The summed E-state index contributed by atoms with van der Waals surface area (Å²) >= 11 is 0. The normalized spacial score (nSPS) is 21.4. The minimum absolute atomic E-state index is 0.0405. The molecule has 0 saturated carbocycles. The first-order valence-electron chi connectivity index (χ1n) is 14.3. The van der Waals surface area contributed by atoms with Crippen molar-refractivity contribution < 1.29 is 27.1 Å². The third kappa shape index (κ3) is 6.41. The van der Waals surface area contributed by atoms with Gasteiger partial charge >= 0.3 is 6.18 Å². The number of aryl methyl sites for hydroxylation is 1. The molecule has 3 atom stereocenters. The van der Waals surface area contributed by atoms with Gasteiger partial charge in [0.15, 0.2) is 0 Å². The Balaban J connectivity index is 1.59. The molecular formula is C30H35F4N7O3. The topological polar surface area (TPSA) is 95.8 Å². The number of nitrogens with zero attached hydrogens (tertiary/aromatic N) is 6. The molecule has 10 nitrogen and oxygen atoms in total. The fourth-order valence-corrected chi connectivity index (χ4v) is 5.61. The van der Waals surface area contributed by atoms with E-state index in [0.717, 1.165) is 10.8 Å². The average molecular weight is 618 g/mol. The SMILES string of the molecule is CC1CN(c2nccc(-c3cc(NC(=O)c4cn(C)c(=O)cc4C(F)(F)F)c(N4CC(C)N(C)C(C)C4)cc3F)n2)CCO1. The van der Waals surface area contributed by atoms with Crippen LogP contribution in [0.1, 0.15) is 36.7 Å². The minimum atomic E-state index is -4.95. The zero-order chi connectivity index (χ0) is 31.9. The Morgan fingerprint density at radius 1 is 1.05 bits per heavy atom. The van der Waals surface area contributed by atoms with Crippen LogP contribution in [0, 0.1) is 5.82 Å². The molecule has 3 aromatic rings. The number of ether oxygens (including phenoxy) is 1. The number of alkyl halides is 3. The third-order valence-corrected chi connectivity index (χ3v) is 8.26. The Morgan fingerprint density at radius 3 is 2.41 bits per heavy atom. The van der Waals surface area contributed by atoms with Crippen LogP contribution in [0.4, 0.5) is 34.9 Å². The first-order valence-corrected chi connectivity index (χ1v) is 14.3. The predicted octanol–water partition coefficient (Wildman–Crippen LogP) is 4.01. The van der Waals surface area contributed by atoms with Gasteiger partial charge in [-0.25, -0.2) is 14.4 Å². The van der Waals surface area contributed by atoms with Gasteiger partial charge in [-0.2, -0.15) is 13.2 Å². The van der Waals surface area contributed by atoms with Gasteiger partial charge < -0.3 is 24.4 Å². The van der Waals surface area contributed by atoms with Gasteiger partial charge in [0.25, 0.3) is 11.5 Å². The van der Waals surface area contributed by atoms with Gasteiger partial charge in [-0.15, -0.1) is 0 Å². The van der Waals surface area contributed by atoms with Gasteiger partial charge in [-0.3, -0.25) is 14.5 Å². The molecule has 0 aliphatic carbocycles. The van der Waals surface area contributed by atoms with E-state index in [1.165, 1.54) is 31.4 Å². The second-order valence-corrected chi connectivity index (χ2v) is 11.5. The van der Waals surface area contributed by atoms with Gasteiger partial charge in [0.2, 0.25) is 5.95 Å². The number of morpholine rings is 1. The first kappa shape index (κ1) is 31.4. The maximum Gasteiger partial charge on any atom is 0.417 e. The number of anilines is 3. The molecule has 44 heavy (non-hydrogen) atoms. The van der Waals surface area contributed by atoms with E-state index in [1.54, 1.807) is 0 Å². The smallest absolute Gasteiger partial charge is 0.375 e. The number of halogens is 4. The number of nitrogens with one attached hydrogen (secondary N) is 1. The van der Waals surface area contributed by atoms with E-state index in [9.17, 15) is 22.8 Å². The number of aromatic nitrogens is 3. The van der Waals surface area contributed by atoms with Crippen molar-refractivity contribution in [1.82, 2.24) is 19.4 Å². The van der Waals surface area contributed by atoms with Crippen LogP contribution in [-0.4, -0.2) is 83.4 Å². The van der Waals surface area contributed by atoms with Gasteiger partial charge in [0.05, 0.1) is 40.9 Å². The number of pyridine rings is 1. The maximum absolute atomic E-state index is 15.9. The van der Waals surface area contributed by atoms with Crippen molar-refractivity contribution in [2.45, 2.75) is 45.1 Å². The lowest BCUT2D eigenvalue weighted by molar-refractivity contribution is -0.138. The monoisotopic (exact) mass is 617 g/mol. The number of benzene rings is 1. The van der Waals surface area contributed by atoms with Crippen molar-refractivity contribution in [1.29, 1.82) is 0 Å². The molecular weight excluding hydrogens is 582 g/mol. The third-order valence-electron chi connectivity index (χ3n) is 8.26. The van der Waals surface area contributed by atoms with Gasteiger partial charge in [-0.05, 0) is 46.0 Å². The van der Waals surface area contributed by atoms with E-state index in [0.29, 0.717) is 50.5 Å². The molecule has 0 radical (unpaired) electrons. The summed E-state index contributed by atoms with van der Waals surface area (Å²) in [6.45, 7) is 8.52. The molecule has 2 saturated heterocycles. The Hall–Kier alpha value is -4.04. The Bertz CT molecular complexity index is 1600. The van der Waals surface area contributed by atoms with Crippen LogP contribution in [0.2, 0.25) is 0 Å². The summed E-state index contributed by atoms with van der Waals surface area (Å²) in [5.74, 6) is -1.32. The highest BCUT2D eigenvalue weighted by molar-refractivity contribution is 6.07. The molecule has 1 N–H and O–H groups in total. The molecule has 236 valence electrons. The van der Waals surface area contributed by atoms with Crippen molar-refractivity contribution in [2.24, 2.45) is 7.05 Å². The lowest BCUT2D eigenvalue weighted by Crippen LogP contribution is -2.55. The summed E-state index contributed by atoms with van der Waals surface area (Å²) < 4.78 is 64.1. The summed E-state index contributed by atoms with van der Waals surface area (Å²) in [5.41, 5.74) is -2.29. The molecule has 3 unspecified atom stereocenters. The largest absolute Gasteiger partial charge is 0.417 e. The Kier molecular flexibility index (Phi) is 8.67. The summed E-state index contributed by atoms with van der Waals surface area (Å²) in [7, 11) is 3.24. The van der Waals surface area contributed by atoms with E-state index >= 15 is 4.39 Å². The number of amides is 1. The molecule has 5 rings (SSSR count). The number of carbonyl (C=O) groups is 1. The van der Waals surface area contributed by atoms with Crippen LogP contribution in [0.3, 0.4) is 0 Å². The van der Waals surface area contributed by atoms with Crippen molar-refractivity contribution in [3.8, 4) is 11.3 Å². The molecule has 14 heteroatoms. The fraction of sp³-hybridized carbons (Fsp3) is 0.467. The van der Waals surface area contributed by atoms with Crippen LogP contribution >= 0.6 is 0 Å². The second kappa shape index (κ2) is 12.2. The first-order chi connectivity index (χ1) is 20.7. The molecule has 0 spiro atoms. The highest BCUT2D eigenvalue weighted by atomic mass is 19.4. The number of carbonyl (C=O) groups excluding carboxylic acids is 1. The van der Waals surface area contributed by atoms with Crippen LogP contribution < -0.4 is 20.7 Å². The van der Waals surface area contributed by atoms with Gasteiger partial charge in [0.1, 0.15) is 5.82 Å². The van der Waals surface area contributed by atoms with Crippen molar-refractivity contribution >= 4 is 23.2 Å². The Labute approximate surface area is 252 Å². The number of rotatable bonds is 5. The molecule has 2 aromatic heterocycles. The second-order valence-electron chi connectivity index (χ2n) is 11.5.